The van der Waals surface area contributed by atoms with E-state index >= 15 is 0 Å². The Hall–Kier alpha value is -0.730. The summed E-state index contributed by atoms with van der Waals surface area (Å²) in [4.78, 5) is 2.35. The van der Waals surface area contributed by atoms with Gasteiger partial charge in [-0.2, -0.15) is 0 Å². The minimum atomic E-state index is 0. The summed E-state index contributed by atoms with van der Waals surface area (Å²) in [5, 5.41) is 10.0. The van der Waals surface area contributed by atoms with Crippen LogP contribution in [0.3, 0.4) is 0 Å². The fraction of sp³-hybridized carbons (Fsp3) is 0.647. The molecule has 0 spiro atoms. The zero-order valence-electron chi connectivity index (χ0n) is 12.8. The third-order valence-corrected chi connectivity index (χ3v) is 4.47. The highest BCUT2D eigenvalue weighted by Crippen LogP contribution is 2.34. The van der Waals surface area contributed by atoms with E-state index in [1.165, 1.54) is 37.7 Å². The molecule has 20 heavy (non-hydrogen) atoms. The number of phenols is 1. The van der Waals surface area contributed by atoms with Crippen LogP contribution in [0.1, 0.15) is 63.0 Å². The van der Waals surface area contributed by atoms with Gasteiger partial charge in [-0.05, 0) is 43.5 Å². The molecule has 114 valence electrons. The van der Waals surface area contributed by atoms with Gasteiger partial charge in [0, 0.05) is 12.1 Å². The minimum Gasteiger partial charge on any atom is -0.508 e. The molecule has 1 aliphatic rings. The van der Waals surface area contributed by atoms with Gasteiger partial charge in [-0.3, -0.25) is 4.90 Å². The van der Waals surface area contributed by atoms with Gasteiger partial charge in [-0.15, -0.1) is 12.4 Å². The number of rotatable bonds is 5. The van der Waals surface area contributed by atoms with Gasteiger partial charge in [0.15, 0.2) is 0 Å². The van der Waals surface area contributed by atoms with Gasteiger partial charge < -0.3 is 5.11 Å². The number of hydrogen-bond acceptors (Lipinski definition) is 2. The zero-order valence-corrected chi connectivity index (χ0v) is 13.6. The van der Waals surface area contributed by atoms with E-state index in [0.717, 1.165) is 25.2 Å². The molecule has 3 heteroatoms. The van der Waals surface area contributed by atoms with Crippen LogP contribution in [0.25, 0.3) is 0 Å². The van der Waals surface area contributed by atoms with Crippen molar-refractivity contribution in [3.05, 3.63) is 29.3 Å². The molecule has 0 amide bonds. The zero-order chi connectivity index (χ0) is 13.7. The van der Waals surface area contributed by atoms with Crippen molar-refractivity contribution in [2.45, 2.75) is 58.4 Å². The molecule has 0 saturated heterocycles. The smallest absolute Gasteiger partial charge is 0.120 e. The molecule has 1 aromatic rings. The van der Waals surface area contributed by atoms with Gasteiger partial charge in [-0.1, -0.05) is 45.2 Å². The molecule has 0 atom stereocenters. The van der Waals surface area contributed by atoms with E-state index in [4.69, 9.17) is 0 Å². The lowest BCUT2D eigenvalue weighted by molar-refractivity contribution is 0.290. The van der Waals surface area contributed by atoms with Crippen LogP contribution >= 0.6 is 12.4 Å². The summed E-state index contributed by atoms with van der Waals surface area (Å²) in [6, 6.07) is 6.25. The van der Waals surface area contributed by atoms with E-state index in [0.29, 0.717) is 11.7 Å². The van der Waals surface area contributed by atoms with E-state index in [-0.39, 0.29) is 12.4 Å². The van der Waals surface area contributed by atoms with Crippen molar-refractivity contribution in [1.29, 1.82) is 0 Å². The van der Waals surface area contributed by atoms with Gasteiger partial charge in [0.1, 0.15) is 5.75 Å². The summed E-state index contributed by atoms with van der Waals surface area (Å²) < 4.78 is 0. The van der Waals surface area contributed by atoms with Crippen LogP contribution in [0.2, 0.25) is 0 Å². The second-order valence-corrected chi connectivity index (χ2v) is 5.68. The van der Waals surface area contributed by atoms with Crippen molar-refractivity contribution in [2.24, 2.45) is 0 Å². The molecule has 1 fully saturated rings. The molecule has 0 radical (unpaired) electrons. The fourth-order valence-electron chi connectivity index (χ4n) is 3.11. The number of benzene rings is 1. The Morgan fingerprint density at radius 2 is 1.75 bits per heavy atom. The summed E-state index contributed by atoms with van der Waals surface area (Å²) in [6.07, 6.45) is 6.74. The number of halogens is 1. The van der Waals surface area contributed by atoms with E-state index < -0.39 is 0 Å². The van der Waals surface area contributed by atoms with Gasteiger partial charge in [0.2, 0.25) is 0 Å². The first kappa shape index (κ1) is 17.3. The fourth-order valence-corrected chi connectivity index (χ4v) is 3.11. The molecule has 2 nitrogen and oxygen atoms in total. The maximum atomic E-state index is 10.0. The Kier molecular flexibility index (Phi) is 7.39. The Labute approximate surface area is 129 Å². The number of aromatic hydroxyl groups is 1. The van der Waals surface area contributed by atoms with Gasteiger partial charge >= 0.3 is 0 Å². The van der Waals surface area contributed by atoms with Gasteiger partial charge in [0.05, 0.1) is 0 Å². The van der Waals surface area contributed by atoms with Crippen molar-refractivity contribution in [2.75, 3.05) is 13.1 Å². The largest absolute Gasteiger partial charge is 0.508 e. The Balaban J connectivity index is 0.00000200. The third kappa shape index (κ3) is 4.39. The van der Waals surface area contributed by atoms with Crippen LogP contribution in [0, 0.1) is 0 Å². The van der Waals surface area contributed by atoms with Crippen molar-refractivity contribution in [3.63, 3.8) is 0 Å². The highest BCUT2D eigenvalue weighted by Gasteiger charge is 2.17. The van der Waals surface area contributed by atoms with Crippen LogP contribution in [0.15, 0.2) is 18.2 Å². The van der Waals surface area contributed by atoms with E-state index in [2.05, 4.69) is 30.9 Å². The molecule has 1 saturated carbocycles. The number of hydrogen-bond donors (Lipinski definition) is 1. The number of phenolic OH excluding ortho intramolecular Hbond substituents is 1. The van der Waals surface area contributed by atoms with Crippen LogP contribution in [0.5, 0.6) is 5.75 Å². The molecule has 1 N–H and O–H groups in total. The van der Waals surface area contributed by atoms with Crippen LogP contribution in [-0.4, -0.2) is 23.1 Å². The van der Waals surface area contributed by atoms with Gasteiger partial charge in [-0.25, -0.2) is 0 Å². The second kappa shape index (κ2) is 8.53. The highest BCUT2D eigenvalue weighted by molar-refractivity contribution is 5.85. The standard InChI is InChI=1S/C17H27NO.ClH/c1-3-18(4-2)13-16-12-15(10-11-17(16)19)14-8-6-5-7-9-14;/h10-12,14,19H,3-9,13H2,1-2H3;1H. The molecule has 0 aliphatic heterocycles. The molecule has 0 unspecified atom stereocenters. The van der Waals surface area contributed by atoms with Crippen LogP contribution in [0.4, 0.5) is 0 Å². The highest BCUT2D eigenvalue weighted by atomic mass is 35.5. The third-order valence-electron chi connectivity index (χ3n) is 4.47. The lowest BCUT2D eigenvalue weighted by Gasteiger charge is -2.24. The predicted octanol–water partition coefficient (Wildman–Crippen LogP) is 4.70. The summed E-state index contributed by atoms with van der Waals surface area (Å²) in [5.41, 5.74) is 2.52. The van der Waals surface area contributed by atoms with Crippen molar-refractivity contribution in [3.8, 4) is 5.75 Å². The SMILES string of the molecule is CCN(CC)Cc1cc(C2CCCCC2)ccc1O.Cl. The van der Waals surface area contributed by atoms with Gasteiger partial charge in [0.25, 0.3) is 0 Å². The first-order valence-electron chi connectivity index (χ1n) is 7.78. The molecule has 1 aromatic carbocycles. The summed E-state index contributed by atoms with van der Waals surface area (Å²) in [5.74, 6) is 1.16. The second-order valence-electron chi connectivity index (χ2n) is 5.68. The molecule has 0 bridgehead atoms. The monoisotopic (exact) mass is 297 g/mol. The topological polar surface area (TPSA) is 23.5 Å². The average Bonchev–Trinajstić information content (AvgIpc) is 2.47. The van der Waals surface area contributed by atoms with E-state index in [1.54, 1.807) is 0 Å². The van der Waals surface area contributed by atoms with Crippen molar-refractivity contribution < 1.29 is 5.11 Å². The Morgan fingerprint density at radius 1 is 1.10 bits per heavy atom. The summed E-state index contributed by atoms with van der Waals surface area (Å²) >= 11 is 0. The maximum absolute atomic E-state index is 10.0. The van der Waals surface area contributed by atoms with Crippen LogP contribution < -0.4 is 0 Å². The average molecular weight is 298 g/mol. The van der Waals surface area contributed by atoms with Crippen molar-refractivity contribution in [1.82, 2.24) is 4.90 Å². The number of nitrogens with zero attached hydrogens (tertiary/aromatic N) is 1. The quantitative estimate of drug-likeness (QED) is 0.851. The lowest BCUT2D eigenvalue weighted by atomic mass is 9.83. The molecular formula is C17H28ClNO. The molecule has 0 aromatic heterocycles. The summed E-state index contributed by atoms with van der Waals surface area (Å²) in [7, 11) is 0. The first-order chi connectivity index (χ1) is 9.24. The van der Waals surface area contributed by atoms with Crippen LogP contribution in [-0.2, 0) is 6.54 Å². The molecule has 0 heterocycles. The van der Waals surface area contributed by atoms with Crippen molar-refractivity contribution >= 4 is 12.4 Å². The van der Waals surface area contributed by atoms with E-state index in [1.807, 2.05) is 6.07 Å². The molecule has 1 aliphatic carbocycles. The maximum Gasteiger partial charge on any atom is 0.120 e. The normalized spacial score (nSPS) is 16.1. The van der Waals surface area contributed by atoms with E-state index in [9.17, 15) is 5.11 Å². The lowest BCUT2D eigenvalue weighted by Crippen LogP contribution is -2.22. The molecule has 2 rings (SSSR count). The first-order valence-corrected chi connectivity index (χ1v) is 7.78. The molecular weight excluding hydrogens is 270 g/mol. The minimum absolute atomic E-state index is 0. The predicted molar refractivity (Wildman–Crippen MR) is 87.8 cm³/mol. The summed E-state index contributed by atoms with van der Waals surface area (Å²) in [6.45, 7) is 7.27. The Morgan fingerprint density at radius 3 is 2.35 bits per heavy atom. The Bertz CT molecular complexity index is 398.